The molecule has 1 aromatic heterocycles. The minimum Gasteiger partial charge on any atom is -0.324 e. The molecule has 2 N–H and O–H groups in total. The summed E-state index contributed by atoms with van der Waals surface area (Å²) in [5, 5.41) is 6.93. The van der Waals surface area contributed by atoms with Gasteiger partial charge in [-0.15, -0.1) is 0 Å². The predicted octanol–water partition coefficient (Wildman–Crippen LogP) is 1.15. The van der Waals surface area contributed by atoms with Gasteiger partial charge in [-0.25, -0.2) is 17.8 Å². The maximum Gasteiger partial charge on any atom is 0.267 e. The molecule has 1 saturated carbocycles. The van der Waals surface area contributed by atoms with E-state index in [-0.39, 0.29) is 10.5 Å². The number of nitrogens with one attached hydrogen (secondary N) is 2. The Morgan fingerprint density at radius 2 is 1.79 bits per heavy atom. The third kappa shape index (κ3) is 4.45. The smallest absolute Gasteiger partial charge is 0.267 e. The summed E-state index contributed by atoms with van der Waals surface area (Å²) in [6.07, 6.45) is 2.05. The Bertz CT molecular complexity index is 1070. The van der Waals surface area contributed by atoms with Gasteiger partial charge in [0.1, 0.15) is 6.04 Å². The molecule has 0 radical (unpaired) electrons. The van der Waals surface area contributed by atoms with Crippen LogP contribution in [0.25, 0.3) is 0 Å². The molecule has 28 heavy (non-hydrogen) atoms. The third-order valence-corrected chi connectivity index (χ3v) is 5.75. The number of hydrogen-bond acceptors (Lipinski definition) is 6. The van der Waals surface area contributed by atoms with Gasteiger partial charge in [0.05, 0.1) is 10.6 Å². The standard InChI is InChI=1S/C18H20N4O5S/c1-11(22-17(24)10-9-16(20-22)13-3-4-13)18(25)19-14-5-7-15(8-6-14)28(26,27)21-12(2)23/h5-11,13H,3-4H2,1-2H3,(H,19,25)(H,21,23). The first-order chi connectivity index (χ1) is 13.2. The van der Waals surface area contributed by atoms with Crippen molar-refractivity contribution < 1.29 is 18.0 Å². The van der Waals surface area contributed by atoms with Crippen molar-refractivity contribution in [2.75, 3.05) is 5.32 Å². The second kappa shape index (κ2) is 7.55. The van der Waals surface area contributed by atoms with E-state index in [1.165, 1.54) is 30.3 Å². The van der Waals surface area contributed by atoms with Crippen LogP contribution in [0.5, 0.6) is 0 Å². The van der Waals surface area contributed by atoms with E-state index in [9.17, 15) is 22.8 Å². The number of benzene rings is 1. The summed E-state index contributed by atoms with van der Waals surface area (Å²) in [6.45, 7) is 2.66. The zero-order valence-corrected chi connectivity index (χ0v) is 16.2. The highest BCUT2D eigenvalue weighted by Crippen LogP contribution is 2.38. The van der Waals surface area contributed by atoms with Crippen molar-refractivity contribution in [1.82, 2.24) is 14.5 Å². The van der Waals surface area contributed by atoms with Gasteiger partial charge in [-0.3, -0.25) is 14.4 Å². The van der Waals surface area contributed by atoms with E-state index in [1.807, 2.05) is 4.72 Å². The van der Waals surface area contributed by atoms with Crippen LogP contribution in [0, 0.1) is 0 Å². The number of amides is 2. The summed E-state index contributed by atoms with van der Waals surface area (Å²) in [5.41, 5.74) is 0.778. The number of nitrogens with zero attached hydrogens (tertiary/aromatic N) is 2. The van der Waals surface area contributed by atoms with Gasteiger partial charge in [0.15, 0.2) is 0 Å². The molecule has 2 amide bonds. The number of anilines is 1. The van der Waals surface area contributed by atoms with Gasteiger partial charge in [-0.1, -0.05) is 0 Å². The molecule has 0 spiro atoms. The third-order valence-electron chi connectivity index (χ3n) is 4.30. The normalized spacial score (nSPS) is 14.9. The summed E-state index contributed by atoms with van der Waals surface area (Å²) in [6, 6.07) is 7.59. The van der Waals surface area contributed by atoms with Gasteiger partial charge in [0.2, 0.25) is 11.8 Å². The van der Waals surface area contributed by atoms with Crippen molar-refractivity contribution in [3.8, 4) is 0 Å². The molecule has 2 aromatic rings. The minimum absolute atomic E-state index is 0.108. The molecule has 1 aliphatic carbocycles. The number of carbonyl (C=O) groups excluding carboxylic acids is 2. The molecule has 10 heteroatoms. The van der Waals surface area contributed by atoms with E-state index in [2.05, 4.69) is 10.4 Å². The zero-order chi connectivity index (χ0) is 20.5. The number of sulfonamides is 1. The van der Waals surface area contributed by atoms with Crippen LogP contribution in [0.3, 0.4) is 0 Å². The van der Waals surface area contributed by atoms with Crippen molar-refractivity contribution in [1.29, 1.82) is 0 Å². The molecular weight excluding hydrogens is 384 g/mol. The molecule has 1 aliphatic rings. The summed E-state index contributed by atoms with van der Waals surface area (Å²) in [5.74, 6) is -0.808. The second-order valence-corrected chi connectivity index (χ2v) is 8.35. The number of aromatic nitrogens is 2. The molecule has 1 unspecified atom stereocenters. The van der Waals surface area contributed by atoms with Crippen LogP contribution in [0.2, 0.25) is 0 Å². The molecular formula is C18H20N4O5S. The largest absolute Gasteiger partial charge is 0.324 e. The average molecular weight is 404 g/mol. The molecule has 3 rings (SSSR count). The molecule has 1 fully saturated rings. The Morgan fingerprint density at radius 1 is 1.14 bits per heavy atom. The first-order valence-corrected chi connectivity index (χ1v) is 10.2. The lowest BCUT2D eigenvalue weighted by Gasteiger charge is -2.15. The van der Waals surface area contributed by atoms with Crippen molar-refractivity contribution >= 4 is 27.5 Å². The van der Waals surface area contributed by atoms with Crippen LogP contribution in [0.15, 0.2) is 46.1 Å². The Hall–Kier alpha value is -3.01. The first-order valence-electron chi connectivity index (χ1n) is 8.71. The van der Waals surface area contributed by atoms with Crippen molar-refractivity contribution in [3.63, 3.8) is 0 Å². The fourth-order valence-corrected chi connectivity index (χ4v) is 3.63. The highest BCUT2D eigenvalue weighted by molar-refractivity contribution is 7.90. The SMILES string of the molecule is CC(=O)NS(=O)(=O)c1ccc(NC(=O)C(C)n2nc(C3CC3)ccc2=O)cc1. The van der Waals surface area contributed by atoms with Crippen LogP contribution >= 0.6 is 0 Å². The quantitative estimate of drug-likeness (QED) is 0.743. The van der Waals surface area contributed by atoms with Crippen molar-refractivity contribution in [3.05, 3.63) is 52.4 Å². The Morgan fingerprint density at radius 3 is 2.36 bits per heavy atom. The van der Waals surface area contributed by atoms with Gasteiger partial charge in [0, 0.05) is 24.6 Å². The zero-order valence-electron chi connectivity index (χ0n) is 15.4. The second-order valence-electron chi connectivity index (χ2n) is 6.67. The average Bonchev–Trinajstić information content (AvgIpc) is 3.46. The first kappa shape index (κ1) is 19.7. The van der Waals surface area contributed by atoms with Gasteiger partial charge in [-0.2, -0.15) is 5.10 Å². The highest BCUT2D eigenvalue weighted by atomic mass is 32.2. The van der Waals surface area contributed by atoms with Gasteiger partial charge >= 0.3 is 0 Å². The van der Waals surface area contributed by atoms with Crippen LogP contribution < -0.4 is 15.6 Å². The Labute approximate surface area is 161 Å². The molecule has 1 aromatic carbocycles. The van der Waals surface area contributed by atoms with Crippen LogP contribution in [-0.4, -0.2) is 30.0 Å². The summed E-state index contributed by atoms with van der Waals surface area (Å²) >= 11 is 0. The fraction of sp³-hybridized carbons (Fsp3) is 0.333. The molecule has 0 aliphatic heterocycles. The number of rotatable bonds is 6. The molecule has 0 saturated heterocycles. The van der Waals surface area contributed by atoms with Gasteiger partial charge in [0.25, 0.3) is 15.6 Å². The molecule has 1 heterocycles. The molecule has 9 nitrogen and oxygen atoms in total. The summed E-state index contributed by atoms with van der Waals surface area (Å²) in [7, 11) is -3.94. The topological polar surface area (TPSA) is 127 Å². The Kier molecular flexibility index (Phi) is 5.32. The fourth-order valence-electron chi connectivity index (χ4n) is 2.64. The van der Waals surface area contributed by atoms with Crippen LogP contribution in [-0.2, 0) is 19.6 Å². The van der Waals surface area contributed by atoms with Crippen LogP contribution in [0.1, 0.15) is 44.3 Å². The predicted molar refractivity (Wildman–Crippen MR) is 101 cm³/mol. The lowest BCUT2D eigenvalue weighted by molar-refractivity contribution is -0.119. The minimum atomic E-state index is -3.94. The van der Waals surface area contributed by atoms with Crippen molar-refractivity contribution in [2.24, 2.45) is 0 Å². The molecule has 148 valence electrons. The highest BCUT2D eigenvalue weighted by Gasteiger charge is 2.27. The summed E-state index contributed by atoms with van der Waals surface area (Å²) in [4.78, 5) is 35.4. The Balaban J connectivity index is 1.73. The van der Waals surface area contributed by atoms with Gasteiger partial charge < -0.3 is 5.32 Å². The maximum atomic E-state index is 12.5. The maximum absolute atomic E-state index is 12.5. The van der Waals surface area contributed by atoms with Gasteiger partial charge in [-0.05, 0) is 50.1 Å². The van der Waals surface area contributed by atoms with E-state index in [1.54, 1.807) is 13.0 Å². The van der Waals surface area contributed by atoms with Crippen LogP contribution in [0.4, 0.5) is 5.69 Å². The molecule has 0 bridgehead atoms. The molecule has 1 atom stereocenters. The van der Waals surface area contributed by atoms with E-state index < -0.39 is 27.9 Å². The van der Waals surface area contributed by atoms with E-state index in [0.29, 0.717) is 11.6 Å². The number of carbonyl (C=O) groups is 2. The van der Waals surface area contributed by atoms with Crippen molar-refractivity contribution in [2.45, 2.75) is 43.5 Å². The van der Waals surface area contributed by atoms with E-state index in [0.717, 1.165) is 30.1 Å². The van der Waals surface area contributed by atoms with E-state index in [4.69, 9.17) is 0 Å². The monoisotopic (exact) mass is 404 g/mol. The lowest BCUT2D eigenvalue weighted by Crippen LogP contribution is -2.33. The number of hydrogen-bond donors (Lipinski definition) is 2. The summed E-state index contributed by atoms with van der Waals surface area (Å²) < 4.78 is 26.9. The van der Waals surface area contributed by atoms with E-state index >= 15 is 0 Å². The lowest BCUT2D eigenvalue weighted by atomic mass is 10.2.